The number of rotatable bonds is 4. The first-order valence-corrected chi connectivity index (χ1v) is 10.9. The number of para-hydroxylation sites is 1. The van der Waals surface area contributed by atoms with Crippen molar-refractivity contribution in [1.82, 2.24) is 9.78 Å². The Bertz CT molecular complexity index is 1210. The Morgan fingerprint density at radius 2 is 1.70 bits per heavy atom. The molecule has 0 amide bonds. The smallest absolute Gasteiger partial charge is 0.357 e. The van der Waals surface area contributed by atoms with E-state index in [2.05, 4.69) is 44.9 Å². The van der Waals surface area contributed by atoms with Gasteiger partial charge in [-0.05, 0) is 56.0 Å². The van der Waals surface area contributed by atoms with Crippen LogP contribution in [0.3, 0.4) is 0 Å². The van der Waals surface area contributed by atoms with Gasteiger partial charge in [0.15, 0.2) is 5.69 Å². The molecule has 0 aliphatic carbocycles. The summed E-state index contributed by atoms with van der Waals surface area (Å²) < 4.78 is 11.5. The summed E-state index contributed by atoms with van der Waals surface area (Å²) in [6.07, 6.45) is 0.996. The average molecular weight is 448 g/mol. The molecule has 1 aromatic heterocycles. The third-order valence-electron chi connectivity index (χ3n) is 6.56. The first-order valence-electron chi connectivity index (χ1n) is 10.9. The number of fused-ring (bicyclic) bond motifs is 1. The van der Waals surface area contributed by atoms with E-state index in [4.69, 9.17) is 14.6 Å². The van der Waals surface area contributed by atoms with Gasteiger partial charge in [0.25, 0.3) is 0 Å². The van der Waals surface area contributed by atoms with Gasteiger partial charge in [0.1, 0.15) is 11.3 Å². The standard InChI is InChI=1S/C26H29N3O4/c1-16-15-26(2,3)28(4)20-13-12-17(14-19(16)20)22-21(24(30)32-5)23(25(31)33-6)29(27-22)18-10-8-7-9-11-18/h7-14,16H,15H2,1-6H3. The van der Waals surface area contributed by atoms with Crippen molar-refractivity contribution < 1.29 is 19.1 Å². The van der Waals surface area contributed by atoms with Crippen LogP contribution in [0, 0.1) is 0 Å². The van der Waals surface area contributed by atoms with Gasteiger partial charge in [-0.1, -0.05) is 31.2 Å². The molecule has 3 aromatic rings. The number of anilines is 1. The van der Waals surface area contributed by atoms with Gasteiger partial charge in [-0.3, -0.25) is 0 Å². The third-order valence-corrected chi connectivity index (χ3v) is 6.56. The van der Waals surface area contributed by atoms with E-state index in [-0.39, 0.29) is 16.8 Å². The van der Waals surface area contributed by atoms with E-state index in [9.17, 15) is 9.59 Å². The van der Waals surface area contributed by atoms with Gasteiger partial charge >= 0.3 is 11.9 Å². The van der Waals surface area contributed by atoms with Crippen LogP contribution >= 0.6 is 0 Å². The second-order valence-electron chi connectivity index (χ2n) is 9.05. The molecular formula is C26H29N3O4. The van der Waals surface area contributed by atoms with Crippen molar-refractivity contribution in [3.8, 4) is 16.9 Å². The lowest BCUT2D eigenvalue weighted by Gasteiger charge is -2.45. The number of hydrogen-bond donors (Lipinski definition) is 0. The fourth-order valence-electron chi connectivity index (χ4n) is 4.68. The van der Waals surface area contributed by atoms with Gasteiger partial charge in [0.05, 0.1) is 19.9 Å². The Hall–Kier alpha value is -3.61. The number of nitrogens with zero attached hydrogens (tertiary/aromatic N) is 3. The number of carbonyl (C=O) groups excluding carboxylic acids is 2. The number of ether oxygens (including phenoxy) is 2. The quantitative estimate of drug-likeness (QED) is 0.533. The van der Waals surface area contributed by atoms with Crippen molar-refractivity contribution in [2.24, 2.45) is 0 Å². The van der Waals surface area contributed by atoms with E-state index in [1.807, 2.05) is 36.4 Å². The molecule has 7 nitrogen and oxygen atoms in total. The number of methoxy groups -OCH3 is 2. The lowest BCUT2D eigenvalue weighted by Crippen LogP contribution is -2.45. The summed E-state index contributed by atoms with van der Waals surface area (Å²) in [4.78, 5) is 28.0. The molecule has 2 aromatic carbocycles. The van der Waals surface area contributed by atoms with Gasteiger partial charge in [-0.2, -0.15) is 5.10 Å². The summed E-state index contributed by atoms with van der Waals surface area (Å²) in [6.45, 7) is 6.68. The fourth-order valence-corrected chi connectivity index (χ4v) is 4.68. The predicted octanol–water partition coefficient (Wildman–Crippen LogP) is 4.83. The van der Waals surface area contributed by atoms with Crippen LogP contribution in [0.5, 0.6) is 0 Å². The molecule has 1 atom stereocenters. The maximum absolute atomic E-state index is 12.9. The number of benzene rings is 2. The van der Waals surface area contributed by atoms with Crippen molar-refractivity contribution in [3.05, 3.63) is 65.4 Å². The van der Waals surface area contributed by atoms with E-state index in [1.165, 1.54) is 24.5 Å². The van der Waals surface area contributed by atoms with Crippen molar-refractivity contribution in [2.45, 2.75) is 38.6 Å². The van der Waals surface area contributed by atoms with Crippen LogP contribution in [0.25, 0.3) is 16.9 Å². The maximum Gasteiger partial charge on any atom is 0.357 e. The Morgan fingerprint density at radius 3 is 2.33 bits per heavy atom. The van der Waals surface area contributed by atoms with E-state index in [1.54, 1.807) is 0 Å². The molecule has 0 saturated carbocycles. The molecule has 0 fully saturated rings. The molecule has 0 radical (unpaired) electrons. The molecule has 0 saturated heterocycles. The van der Waals surface area contributed by atoms with E-state index >= 15 is 0 Å². The minimum absolute atomic E-state index is 0.0366. The highest BCUT2D eigenvalue weighted by atomic mass is 16.5. The van der Waals surface area contributed by atoms with Gasteiger partial charge in [-0.25, -0.2) is 14.3 Å². The second kappa shape index (κ2) is 8.39. The van der Waals surface area contributed by atoms with Gasteiger partial charge in [0.2, 0.25) is 0 Å². The summed E-state index contributed by atoms with van der Waals surface area (Å²) in [5.41, 5.74) is 4.26. The molecule has 1 aliphatic heterocycles. The third kappa shape index (κ3) is 3.77. The normalized spacial score (nSPS) is 16.8. The van der Waals surface area contributed by atoms with Crippen LogP contribution in [0.4, 0.5) is 5.69 Å². The maximum atomic E-state index is 12.9. The average Bonchev–Trinajstić information content (AvgIpc) is 3.22. The van der Waals surface area contributed by atoms with Crippen LogP contribution in [0.1, 0.15) is 59.5 Å². The zero-order chi connectivity index (χ0) is 23.9. The predicted molar refractivity (Wildman–Crippen MR) is 127 cm³/mol. The van der Waals surface area contributed by atoms with E-state index in [0.717, 1.165) is 17.7 Å². The molecule has 0 N–H and O–H groups in total. The number of hydrogen-bond acceptors (Lipinski definition) is 6. The van der Waals surface area contributed by atoms with Crippen LogP contribution in [-0.2, 0) is 9.47 Å². The van der Waals surface area contributed by atoms with Crippen LogP contribution in [0.2, 0.25) is 0 Å². The first kappa shape index (κ1) is 22.6. The summed E-state index contributed by atoms with van der Waals surface area (Å²) >= 11 is 0. The Balaban J connectivity index is 1.97. The Kier molecular flexibility index (Phi) is 5.74. The lowest BCUT2D eigenvalue weighted by molar-refractivity contribution is 0.0549. The van der Waals surface area contributed by atoms with Crippen molar-refractivity contribution >= 4 is 17.6 Å². The number of esters is 2. The fraction of sp³-hybridized carbons (Fsp3) is 0.346. The van der Waals surface area contributed by atoms with Gasteiger partial charge in [-0.15, -0.1) is 0 Å². The Labute approximate surface area is 193 Å². The summed E-state index contributed by atoms with van der Waals surface area (Å²) in [5, 5.41) is 4.71. The first-order chi connectivity index (χ1) is 15.7. The minimum atomic E-state index is -0.661. The second-order valence-corrected chi connectivity index (χ2v) is 9.05. The minimum Gasteiger partial charge on any atom is -0.465 e. The monoisotopic (exact) mass is 447 g/mol. The zero-order valence-electron chi connectivity index (χ0n) is 19.9. The highest BCUT2D eigenvalue weighted by Gasteiger charge is 2.36. The lowest BCUT2D eigenvalue weighted by atomic mass is 9.80. The molecule has 1 aliphatic rings. The summed E-state index contributed by atoms with van der Waals surface area (Å²) in [7, 11) is 4.67. The molecule has 1 unspecified atom stereocenters. The molecule has 33 heavy (non-hydrogen) atoms. The zero-order valence-corrected chi connectivity index (χ0v) is 19.9. The van der Waals surface area contributed by atoms with E-state index < -0.39 is 11.9 Å². The Morgan fingerprint density at radius 1 is 1.03 bits per heavy atom. The van der Waals surface area contributed by atoms with Gasteiger partial charge in [0, 0.05) is 23.8 Å². The SMILES string of the molecule is COC(=O)c1c(-c2ccc3c(c2)C(C)CC(C)(C)N3C)nn(-c2ccccc2)c1C(=O)OC. The van der Waals surface area contributed by atoms with Crippen molar-refractivity contribution in [2.75, 3.05) is 26.2 Å². The summed E-state index contributed by atoms with van der Waals surface area (Å²) in [6, 6.07) is 15.2. The highest BCUT2D eigenvalue weighted by molar-refractivity contribution is 6.07. The van der Waals surface area contributed by atoms with Gasteiger partial charge < -0.3 is 14.4 Å². The number of aromatic nitrogens is 2. The van der Waals surface area contributed by atoms with Crippen LogP contribution < -0.4 is 4.90 Å². The molecule has 7 heteroatoms. The molecule has 172 valence electrons. The topological polar surface area (TPSA) is 73.7 Å². The highest BCUT2D eigenvalue weighted by Crippen LogP contribution is 2.44. The van der Waals surface area contributed by atoms with Crippen LogP contribution in [-0.4, -0.2) is 48.5 Å². The molecular weight excluding hydrogens is 418 g/mol. The number of carbonyl (C=O) groups is 2. The molecule has 0 bridgehead atoms. The molecule has 4 rings (SSSR count). The van der Waals surface area contributed by atoms with Crippen LogP contribution in [0.15, 0.2) is 48.5 Å². The molecule has 0 spiro atoms. The largest absolute Gasteiger partial charge is 0.465 e. The molecule has 2 heterocycles. The summed E-state index contributed by atoms with van der Waals surface area (Å²) in [5.74, 6) is -0.980. The van der Waals surface area contributed by atoms with Crippen molar-refractivity contribution in [3.63, 3.8) is 0 Å². The van der Waals surface area contributed by atoms with E-state index in [0.29, 0.717) is 17.3 Å². The van der Waals surface area contributed by atoms with Crippen molar-refractivity contribution in [1.29, 1.82) is 0 Å².